The molecule has 3 aromatic rings. The third kappa shape index (κ3) is 2.60. The third-order valence-corrected chi connectivity index (χ3v) is 2.75. The first kappa shape index (κ1) is 13.2. The topological polar surface area (TPSA) is 90.6 Å². The Kier molecular flexibility index (Phi) is 3.59. The van der Waals surface area contributed by atoms with Crippen molar-refractivity contribution in [1.82, 2.24) is 29.9 Å². The first-order chi connectivity index (χ1) is 10.3. The molecule has 0 radical (unpaired) electrons. The van der Waals surface area contributed by atoms with E-state index < -0.39 is 0 Å². The van der Waals surface area contributed by atoms with Gasteiger partial charge in [0.2, 0.25) is 5.95 Å². The fourth-order valence-corrected chi connectivity index (χ4v) is 1.89. The number of para-hydroxylation sites is 1. The molecule has 0 unspecified atom stereocenters. The first-order valence-corrected chi connectivity index (χ1v) is 6.75. The van der Waals surface area contributed by atoms with Crippen LogP contribution in [-0.4, -0.2) is 43.1 Å². The van der Waals surface area contributed by atoms with Crippen LogP contribution >= 0.6 is 0 Å². The second-order valence-corrected chi connectivity index (χ2v) is 4.19. The fraction of sp³-hybridized carbons (Fsp3) is 0.308. The van der Waals surface area contributed by atoms with E-state index in [1.54, 1.807) is 4.68 Å². The van der Waals surface area contributed by atoms with Gasteiger partial charge in [0.1, 0.15) is 5.52 Å². The Morgan fingerprint density at radius 1 is 1.14 bits per heavy atom. The number of nitrogens with zero attached hydrogens (tertiary/aromatic N) is 6. The molecule has 0 aliphatic carbocycles. The van der Waals surface area contributed by atoms with E-state index in [2.05, 4.69) is 30.6 Å². The van der Waals surface area contributed by atoms with Gasteiger partial charge in [-0.3, -0.25) is 0 Å². The number of hydrogen-bond donors (Lipinski definition) is 1. The van der Waals surface area contributed by atoms with Crippen LogP contribution in [0.4, 0.5) is 5.95 Å². The molecule has 0 saturated carbocycles. The summed E-state index contributed by atoms with van der Waals surface area (Å²) in [6.07, 6.45) is 0. The maximum Gasteiger partial charge on any atom is 0.323 e. The van der Waals surface area contributed by atoms with Crippen LogP contribution in [0.1, 0.15) is 13.8 Å². The molecule has 21 heavy (non-hydrogen) atoms. The van der Waals surface area contributed by atoms with E-state index in [0.717, 1.165) is 11.0 Å². The lowest BCUT2D eigenvalue weighted by Crippen LogP contribution is -2.11. The van der Waals surface area contributed by atoms with E-state index in [1.165, 1.54) is 0 Å². The molecule has 2 aromatic heterocycles. The fourth-order valence-electron chi connectivity index (χ4n) is 1.89. The van der Waals surface area contributed by atoms with Crippen molar-refractivity contribution in [2.45, 2.75) is 13.8 Å². The minimum absolute atomic E-state index is 0.262. The smallest absolute Gasteiger partial charge is 0.323 e. The van der Waals surface area contributed by atoms with Gasteiger partial charge in [0, 0.05) is 6.54 Å². The summed E-state index contributed by atoms with van der Waals surface area (Å²) in [4.78, 5) is 12.8. The number of benzene rings is 1. The van der Waals surface area contributed by atoms with E-state index in [0.29, 0.717) is 25.0 Å². The van der Waals surface area contributed by atoms with Gasteiger partial charge < -0.3 is 10.1 Å². The summed E-state index contributed by atoms with van der Waals surface area (Å²) in [6.45, 7) is 5.02. The van der Waals surface area contributed by atoms with Crippen LogP contribution in [0.5, 0.6) is 6.01 Å². The van der Waals surface area contributed by atoms with E-state index >= 15 is 0 Å². The number of aromatic nitrogens is 6. The average Bonchev–Trinajstić information content (AvgIpc) is 2.92. The number of anilines is 1. The molecule has 0 fully saturated rings. The predicted octanol–water partition coefficient (Wildman–Crippen LogP) is 1.44. The lowest BCUT2D eigenvalue weighted by atomic mass is 10.3. The predicted molar refractivity (Wildman–Crippen MR) is 77.6 cm³/mol. The standard InChI is InChI=1S/C13H15N7O/c1-3-14-11-15-12(17-13(16-11)21-4-2)20-10-8-6-5-7-9(10)18-19-20/h5-8H,3-4H2,1-2H3,(H,14,15,16,17). The quantitative estimate of drug-likeness (QED) is 0.758. The molecule has 1 aromatic carbocycles. The maximum atomic E-state index is 5.38. The molecule has 0 aliphatic heterocycles. The largest absolute Gasteiger partial charge is 0.464 e. The van der Waals surface area contributed by atoms with E-state index in [1.807, 2.05) is 38.1 Å². The molecule has 8 heteroatoms. The Balaban J connectivity index is 2.11. The monoisotopic (exact) mass is 285 g/mol. The minimum atomic E-state index is 0.262. The zero-order valence-electron chi connectivity index (χ0n) is 11.8. The van der Waals surface area contributed by atoms with Crippen LogP contribution < -0.4 is 10.1 Å². The van der Waals surface area contributed by atoms with Gasteiger partial charge in [0.15, 0.2) is 0 Å². The van der Waals surface area contributed by atoms with Gasteiger partial charge in [0.25, 0.3) is 5.95 Å². The number of hydrogen-bond acceptors (Lipinski definition) is 7. The van der Waals surface area contributed by atoms with Gasteiger partial charge in [-0.2, -0.15) is 19.6 Å². The number of rotatable bonds is 5. The molecule has 0 atom stereocenters. The first-order valence-electron chi connectivity index (χ1n) is 6.75. The highest BCUT2D eigenvalue weighted by Crippen LogP contribution is 2.16. The SMILES string of the molecule is CCNc1nc(OCC)nc(-n2nnc3ccccc32)n1. The van der Waals surface area contributed by atoms with Gasteiger partial charge in [-0.15, -0.1) is 5.10 Å². The van der Waals surface area contributed by atoms with Gasteiger partial charge in [-0.25, -0.2) is 0 Å². The van der Waals surface area contributed by atoms with Crippen molar-refractivity contribution in [3.63, 3.8) is 0 Å². The molecule has 0 bridgehead atoms. The second kappa shape index (κ2) is 5.70. The second-order valence-electron chi connectivity index (χ2n) is 4.19. The third-order valence-electron chi connectivity index (χ3n) is 2.75. The number of ether oxygens (including phenoxy) is 1. The Labute approximate surface area is 121 Å². The highest BCUT2D eigenvalue weighted by Gasteiger charge is 2.12. The van der Waals surface area contributed by atoms with Crippen LogP contribution in [0, 0.1) is 0 Å². The lowest BCUT2D eigenvalue weighted by molar-refractivity contribution is 0.311. The molecule has 0 spiro atoms. The van der Waals surface area contributed by atoms with Crippen molar-refractivity contribution < 1.29 is 4.74 Å². The summed E-state index contributed by atoms with van der Waals surface area (Å²) in [5, 5.41) is 11.2. The maximum absolute atomic E-state index is 5.38. The molecule has 108 valence electrons. The van der Waals surface area contributed by atoms with Gasteiger partial charge in [-0.1, -0.05) is 17.3 Å². The van der Waals surface area contributed by atoms with E-state index in [9.17, 15) is 0 Å². The Morgan fingerprint density at radius 2 is 2.00 bits per heavy atom. The Bertz CT molecular complexity index is 731. The molecular formula is C13H15N7O. The molecule has 0 saturated heterocycles. The molecule has 3 rings (SSSR count). The van der Waals surface area contributed by atoms with Crippen molar-refractivity contribution in [3.05, 3.63) is 24.3 Å². The zero-order chi connectivity index (χ0) is 14.7. The molecule has 2 heterocycles. The highest BCUT2D eigenvalue weighted by molar-refractivity contribution is 5.75. The van der Waals surface area contributed by atoms with Crippen LogP contribution in [0.2, 0.25) is 0 Å². The Hall–Kier alpha value is -2.77. The van der Waals surface area contributed by atoms with Gasteiger partial charge in [-0.05, 0) is 26.0 Å². The number of fused-ring (bicyclic) bond motifs is 1. The van der Waals surface area contributed by atoms with Crippen LogP contribution in [0.25, 0.3) is 17.0 Å². The summed E-state index contributed by atoms with van der Waals surface area (Å²) < 4.78 is 6.95. The summed E-state index contributed by atoms with van der Waals surface area (Å²) in [7, 11) is 0. The summed E-state index contributed by atoms with van der Waals surface area (Å²) >= 11 is 0. The number of nitrogens with one attached hydrogen (secondary N) is 1. The van der Waals surface area contributed by atoms with Crippen molar-refractivity contribution >= 4 is 17.0 Å². The molecular weight excluding hydrogens is 270 g/mol. The molecule has 0 aliphatic rings. The average molecular weight is 285 g/mol. The normalized spacial score (nSPS) is 10.8. The lowest BCUT2D eigenvalue weighted by Gasteiger charge is -2.07. The summed E-state index contributed by atoms with van der Waals surface area (Å²) in [5.41, 5.74) is 1.61. The van der Waals surface area contributed by atoms with Gasteiger partial charge >= 0.3 is 6.01 Å². The molecule has 0 amide bonds. The Morgan fingerprint density at radius 3 is 2.81 bits per heavy atom. The molecule has 8 nitrogen and oxygen atoms in total. The van der Waals surface area contributed by atoms with Crippen molar-refractivity contribution in [1.29, 1.82) is 0 Å². The minimum Gasteiger partial charge on any atom is -0.464 e. The summed E-state index contributed by atoms with van der Waals surface area (Å²) in [6, 6.07) is 7.88. The van der Waals surface area contributed by atoms with Crippen molar-refractivity contribution in [2.75, 3.05) is 18.5 Å². The summed E-state index contributed by atoms with van der Waals surface area (Å²) in [5.74, 6) is 0.823. The van der Waals surface area contributed by atoms with E-state index in [-0.39, 0.29) is 6.01 Å². The van der Waals surface area contributed by atoms with Crippen LogP contribution in [0.15, 0.2) is 24.3 Å². The van der Waals surface area contributed by atoms with Crippen molar-refractivity contribution in [3.8, 4) is 12.0 Å². The van der Waals surface area contributed by atoms with Crippen LogP contribution in [-0.2, 0) is 0 Å². The van der Waals surface area contributed by atoms with Gasteiger partial charge in [0.05, 0.1) is 12.1 Å². The van der Waals surface area contributed by atoms with Crippen molar-refractivity contribution in [2.24, 2.45) is 0 Å². The zero-order valence-corrected chi connectivity index (χ0v) is 11.8. The highest BCUT2D eigenvalue weighted by atomic mass is 16.5. The van der Waals surface area contributed by atoms with Crippen LogP contribution in [0.3, 0.4) is 0 Å². The van der Waals surface area contributed by atoms with E-state index in [4.69, 9.17) is 4.74 Å². The molecule has 1 N–H and O–H groups in total.